The zero-order valence-electron chi connectivity index (χ0n) is 32.1. The minimum absolute atomic E-state index is 0.000497. The molecule has 8 nitrogen and oxygen atoms in total. The number of hydrogen-bond acceptors (Lipinski definition) is 6. The van der Waals surface area contributed by atoms with E-state index in [0.29, 0.717) is 66.4 Å². The van der Waals surface area contributed by atoms with Gasteiger partial charge in [-0.1, -0.05) is 12.2 Å². The molecule has 0 aliphatic heterocycles. The number of benzene rings is 2. The van der Waals surface area contributed by atoms with E-state index in [0.717, 1.165) is 10.8 Å². The van der Waals surface area contributed by atoms with Crippen LogP contribution in [0.25, 0.3) is 11.1 Å². The molecule has 2 aromatic carbocycles. The summed E-state index contributed by atoms with van der Waals surface area (Å²) in [5.41, 5.74) is -0.722. The van der Waals surface area contributed by atoms with Gasteiger partial charge in [-0.15, -0.1) is 13.2 Å². The lowest BCUT2D eigenvalue weighted by atomic mass is 9.89. The van der Waals surface area contributed by atoms with Gasteiger partial charge in [-0.05, 0) is 125 Å². The molecule has 1 aliphatic rings. The highest BCUT2D eigenvalue weighted by molar-refractivity contribution is 5.83. The zero-order chi connectivity index (χ0) is 40.6. The summed E-state index contributed by atoms with van der Waals surface area (Å²) < 4.78 is 86.6. The second-order valence-electron chi connectivity index (χ2n) is 14.1. The molecule has 0 radical (unpaired) electrons. The number of carbonyl (C=O) groups excluding carboxylic acids is 2. The van der Waals surface area contributed by atoms with Gasteiger partial charge in [0.15, 0.2) is 0 Å². The number of nitrogens with one attached hydrogen (secondary N) is 1. The number of rotatable bonds is 19. The first-order chi connectivity index (χ1) is 26.0. The predicted octanol–water partition coefficient (Wildman–Crippen LogP) is 8.68. The number of halogens is 5. The molecule has 1 aliphatic carbocycles. The largest absolute Gasteiger partial charge is 0.493 e. The Bertz CT molecular complexity index is 1950. The monoisotopic (exact) mass is 771 g/mol. The topological polar surface area (TPSA) is 89.9 Å². The van der Waals surface area contributed by atoms with Crippen LogP contribution in [0.5, 0.6) is 5.75 Å². The van der Waals surface area contributed by atoms with E-state index in [1.807, 2.05) is 0 Å². The fourth-order valence-electron chi connectivity index (χ4n) is 6.60. The molecule has 0 unspecified atom stereocenters. The number of amides is 1. The van der Waals surface area contributed by atoms with Gasteiger partial charge in [-0.25, -0.2) is 8.78 Å². The summed E-state index contributed by atoms with van der Waals surface area (Å²) in [5, 5.41) is 2.72. The summed E-state index contributed by atoms with van der Waals surface area (Å²) >= 11 is 0. The second kappa shape index (κ2) is 18.7. The molecule has 3 aromatic rings. The van der Waals surface area contributed by atoms with E-state index in [1.54, 1.807) is 58.0 Å². The third-order valence-corrected chi connectivity index (χ3v) is 9.58. The van der Waals surface area contributed by atoms with Crippen molar-refractivity contribution in [3.63, 3.8) is 0 Å². The molecule has 1 heterocycles. The summed E-state index contributed by atoms with van der Waals surface area (Å²) in [7, 11) is 3.39. The van der Waals surface area contributed by atoms with Gasteiger partial charge in [0.05, 0.1) is 31.2 Å². The van der Waals surface area contributed by atoms with Crippen LogP contribution in [0.4, 0.5) is 22.0 Å². The predicted molar refractivity (Wildman–Crippen MR) is 202 cm³/mol. The zero-order valence-corrected chi connectivity index (χ0v) is 32.1. The van der Waals surface area contributed by atoms with Gasteiger partial charge in [-0.2, -0.15) is 13.2 Å². The highest BCUT2D eigenvalue weighted by Gasteiger charge is 2.37. The number of aryl methyl sites for hydroxylation is 1. The number of hydrogen-bond donors (Lipinski definition) is 1. The number of ether oxygens (including phenoxy) is 2. The van der Waals surface area contributed by atoms with Gasteiger partial charge in [0.1, 0.15) is 23.4 Å². The lowest BCUT2D eigenvalue weighted by molar-refractivity contribution is -0.144. The molecule has 298 valence electrons. The Hall–Kier alpha value is -4.78. The van der Waals surface area contributed by atoms with Crippen LogP contribution in [0.15, 0.2) is 60.6 Å². The average Bonchev–Trinajstić information content (AvgIpc) is 3.96. The van der Waals surface area contributed by atoms with Gasteiger partial charge in [0.2, 0.25) is 5.91 Å². The second-order valence-corrected chi connectivity index (χ2v) is 14.1. The summed E-state index contributed by atoms with van der Waals surface area (Å²) in [6.45, 7) is 12.8. The normalized spacial score (nSPS) is 14.0. The minimum Gasteiger partial charge on any atom is -0.493 e. The minimum atomic E-state index is -4.82. The first kappa shape index (κ1) is 43.0. The molecule has 1 N–H and O–H groups in total. The molecule has 1 fully saturated rings. The molecule has 2 atom stereocenters. The van der Waals surface area contributed by atoms with E-state index in [1.165, 1.54) is 12.1 Å². The third kappa shape index (κ3) is 10.7. The van der Waals surface area contributed by atoms with Crippen LogP contribution < -0.4 is 15.6 Å². The highest BCUT2D eigenvalue weighted by Crippen LogP contribution is 2.46. The van der Waals surface area contributed by atoms with Crippen molar-refractivity contribution in [1.82, 2.24) is 14.8 Å². The average molecular weight is 772 g/mol. The van der Waals surface area contributed by atoms with Crippen molar-refractivity contribution in [2.45, 2.75) is 89.9 Å². The molecule has 1 saturated carbocycles. The van der Waals surface area contributed by atoms with Crippen LogP contribution in [-0.4, -0.2) is 55.2 Å². The lowest BCUT2D eigenvalue weighted by Gasteiger charge is -2.26. The summed E-state index contributed by atoms with van der Waals surface area (Å²) in [5.74, 6) is -2.54. The van der Waals surface area contributed by atoms with Gasteiger partial charge in [-0.3, -0.25) is 14.4 Å². The van der Waals surface area contributed by atoms with E-state index < -0.39 is 59.3 Å². The molecule has 55 heavy (non-hydrogen) atoms. The molecule has 1 aromatic heterocycles. The maximum Gasteiger partial charge on any atom is 0.416 e. The number of alkyl halides is 3. The quantitative estimate of drug-likeness (QED) is 0.0568. The van der Waals surface area contributed by atoms with Gasteiger partial charge in [0.25, 0.3) is 5.56 Å². The fourth-order valence-corrected chi connectivity index (χ4v) is 6.60. The smallest absolute Gasteiger partial charge is 0.416 e. The van der Waals surface area contributed by atoms with Crippen molar-refractivity contribution in [2.24, 2.45) is 0 Å². The summed E-state index contributed by atoms with van der Waals surface area (Å²) in [6, 6.07) is 2.37. The summed E-state index contributed by atoms with van der Waals surface area (Å²) in [4.78, 5) is 42.2. The first-order valence-corrected chi connectivity index (χ1v) is 18.4. The standard InChI is InChI=1S/C42H50F5N3O5/c1-8-11-12-18-55-35-19-25(4)39(43)26(5)38(35)29-20-30(27-14-15-27)40(44)31(21-29)33(23-37(52)54-10-3)48-41(53)34(13-9-2)50-24-28(16-17-49(6)7)32(22-36(50)51)42(45,46)47/h8-9,19-22,24,27,33-34H,1-2,10-18,23H2,3-7H3,(H,48,53)/t33-,34-/m0/s1. The SMILES string of the molecule is C=CCCCOc1cc(C)c(F)c(C)c1-c1cc(C2CC2)c(F)c([C@H](CC(=O)OCC)NC(=O)[C@H](CC=C)n2cc(CCN(C)C)c(C(F)(F)F)cc2=O)c1. The molecule has 1 amide bonds. The number of esters is 1. The number of aromatic nitrogens is 1. The molecular weight excluding hydrogens is 721 g/mol. The molecule has 0 bridgehead atoms. The number of nitrogens with zero attached hydrogens (tertiary/aromatic N) is 2. The van der Waals surface area contributed by atoms with Crippen molar-refractivity contribution in [2.75, 3.05) is 33.9 Å². The number of unbranched alkanes of at least 4 members (excludes halogenated alkanes) is 1. The number of likely N-dealkylation sites (N-methyl/N-ethyl adjacent to an activating group) is 1. The first-order valence-electron chi connectivity index (χ1n) is 18.4. The van der Waals surface area contributed by atoms with E-state index >= 15 is 8.78 Å². The van der Waals surface area contributed by atoms with Gasteiger partial charge >= 0.3 is 12.1 Å². The van der Waals surface area contributed by atoms with Gasteiger partial charge < -0.3 is 24.3 Å². The van der Waals surface area contributed by atoms with Crippen molar-refractivity contribution in [3.05, 3.63) is 111 Å². The van der Waals surface area contributed by atoms with Crippen molar-refractivity contribution >= 4 is 11.9 Å². The maximum atomic E-state index is 16.7. The van der Waals surface area contributed by atoms with E-state index in [9.17, 15) is 27.6 Å². The van der Waals surface area contributed by atoms with Crippen molar-refractivity contribution in [1.29, 1.82) is 0 Å². The maximum absolute atomic E-state index is 16.7. The Morgan fingerprint density at radius 3 is 2.38 bits per heavy atom. The molecule has 13 heteroatoms. The van der Waals surface area contributed by atoms with E-state index in [-0.39, 0.29) is 48.6 Å². The Morgan fingerprint density at radius 2 is 1.78 bits per heavy atom. The van der Waals surface area contributed by atoms with Crippen LogP contribution in [0.2, 0.25) is 0 Å². The molecular formula is C42H50F5N3O5. The molecule has 4 rings (SSSR count). The van der Waals surface area contributed by atoms with Crippen LogP contribution in [-0.2, 0) is 26.9 Å². The molecule has 0 spiro atoms. The lowest BCUT2D eigenvalue weighted by Crippen LogP contribution is -2.40. The number of carbonyl (C=O) groups is 2. The van der Waals surface area contributed by atoms with E-state index in [2.05, 4.69) is 18.5 Å². The third-order valence-electron chi connectivity index (χ3n) is 9.58. The summed E-state index contributed by atoms with van der Waals surface area (Å²) in [6.07, 6.45) is 1.26. The van der Waals surface area contributed by atoms with Crippen LogP contribution in [0.1, 0.15) is 96.8 Å². The number of allylic oxidation sites excluding steroid dienone is 2. The van der Waals surface area contributed by atoms with Crippen molar-refractivity contribution < 1.29 is 41.0 Å². The van der Waals surface area contributed by atoms with Crippen LogP contribution in [0, 0.1) is 25.5 Å². The Labute approximate surface area is 319 Å². The Balaban J connectivity index is 1.87. The Morgan fingerprint density at radius 1 is 1.07 bits per heavy atom. The van der Waals surface area contributed by atoms with E-state index in [4.69, 9.17) is 9.47 Å². The van der Waals surface area contributed by atoms with Crippen molar-refractivity contribution in [3.8, 4) is 16.9 Å². The Kier molecular flexibility index (Phi) is 14.6. The fraction of sp³-hybridized carbons (Fsp3) is 0.452. The van der Waals surface area contributed by atoms with Crippen LogP contribution >= 0.6 is 0 Å². The highest BCUT2D eigenvalue weighted by atomic mass is 19.4. The van der Waals surface area contributed by atoms with Crippen LogP contribution in [0.3, 0.4) is 0 Å². The van der Waals surface area contributed by atoms with Gasteiger partial charge in [0, 0.05) is 29.9 Å². The number of pyridine rings is 1. The molecule has 0 saturated heterocycles.